The Morgan fingerprint density at radius 3 is 2.94 bits per heavy atom. The molecule has 1 N–H and O–H groups in total. The van der Waals surface area contributed by atoms with Crippen LogP contribution < -0.4 is 5.32 Å². The molecule has 1 saturated carbocycles. The molecule has 1 aromatic heterocycles. The van der Waals surface area contributed by atoms with Crippen molar-refractivity contribution in [3.63, 3.8) is 0 Å². The highest BCUT2D eigenvalue weighted by Crippen LogP contribution is 2.33. The van der Waals surface area contributed by atoms with Crippen molar-refractivity contribution in [2.24, 2.45) is 5.92 Å². The van der Waals surface area contributed by atoms with Crippen LogP contribution in [0.3, 0.4) is 0 Å². The SMILES string of the molecule is CCCn1ncnc1CC(NCC)C1CC1. The molecule has 0 saturated heterocycles. The van der Waals surface area contributed by atoms with E-state index in [0.29, 0.717) is 6.04 Å². The van der Waals surface area contributed by atoms with E-state index >= 15 is 0 Å². The van der Waals surface area contributed by atoms with Crippen molar-refractivity contribution in [2.45, 2.75) is 52.1 Å². The molecule has 4 nitrogen and oxygen atoms in total. The van der Waals surface area contributed by atoms with E-state index in [4.69, 9.17) is 0 Å². The molecular weight excluding hydrogens is 200 g/mol. The number of aryl methyl sites for hydroxylation is 1. The van der Waals surface area contributed by atoms with E-state index in [1.807, 2.05) is 4.68 Å². The minimum absolute atomic E-state index is 0.602. The summed E-state index contributed by atoms with van der Waals surface area (Å²) in [4.78, 5) is 4.38. The van der Waals surface area contributed by atoms with E-state index < -0.39 is 0 Å². The fraction of sp³-hybridized carbons (Fsp3) is 0.833. The lowest BCUT2D eigenvalue weighted by Gasteiger charge is -2.16. The van der Waals surface area contributed by atoms with Crippen LogP contribution in [-0.4, -0.2) is 27.4 Å². The molecule has 0 aromatic carbocycles. The minimum atomic E-state index is 0.602. The Balaban J connectivity index is 1.97. The third-order valence-corrected chi connectivity index (χ3v) is 3.19. The summed E-state index contributed by atoms with van der Waals surface area (Å²) in [6, 6.07) is 0.602. The summed E-state index contributed by atoms with van der Waals surface area (Å²) in [5, 5.41) is 7.85. The zero-order valence-corrected chi connectivity index (χ0v) is 10.3. The second-order valence-corrected chi connectivity index (χ2v) is 4.61. The van der Waals surface area contributed by atoms with Gasteiger partial charge in [-0.05, 0) is 31.7 Å². The lowest BCUT2D eigenvalue weighted by atomic mass is 10.1. The maximum absolute atomic E-state index is 4.38. The van der Waals surface area contributed by atoms with Crippen molar-refractivity contribution in [3.8, 4) is 0 Å². The number of hydrogen-bond acceptors (Lipinski definition) is 3. The van der Waals surface area contributed by atoms with Gasteiger partial charge in [0.1, 0.15) is 12.2 Å². The molecular formula is C12H22N4. The van der Waals surface area contributed by atoms with E-state index in [1.54, 1.807) is 6.33 Å². The van der Waals surface area contributed by atoms with Crippen molar-refractivity contribution >= 4 is 0 Å². The fourth-order valence-electron chi connectivity index (χ4n) is 2.21. The van der Waals surface area contributed by atoms with Crippen molar-refractivity contribution < 1.29 is 0 Å². The van der Waals surface area contributed by atoms with Gasteiger partial charge in [-0.15, -0.1) is 0 Å². The van der Waals surface area contributed by atoms with Crippen LogP contribution in [0, 0.1) is 5.92 Å². The first kappa shape index (κ1) is 11.6. The molecule has 0 radical (unpaired) electrons. The highest BCUT2D eigenvalue weighted by atomic mass is 15.3. The maximum atomic E-state index is 4.38. The maximum Gasteiger partial charge on any atom is 0.138 e. The molecule has 0 amide bonds. The number of aromatic nitrogens is 3. The Hall–Kier alpha value is -0.900. The number of nitrogens with one attached hydrogen (secondary N) is 1. The molecule has 1 heterocycles. The van der Waals surface area contributed by atoms with Crippen LogP contribution in [0.2, 0.25) is 0 Å². The predicted molar refractivity (Wildman–Crippen MR) is 64.2 cm³/mol. The molecule has 90 valence electrons. The van der Waals surface area contributed by atoms with Crippen LogP contribution in [0.25, 0.3) is 0 Å². The molecule has 1 aliphatic carbocycles. The Bertz CT molecular complexity index is 317. The van der Waals surface area contributed by atoms with Crippen LogP contribution in [0.5, 0.6) is 0 Å². The molecule has 4 heteroatoms. The van der Waals surface area contributed by atoms with Gasteiger partial charge in [-0.1, -0.05) is 13.8 Å². The smallest absolute Gasteiger partial charge is 0.138 e. The van der Waals surface area contributed by atoms with Gasteiger partial charge in [0.25, 0.3) is 0 Å². The lowest BCUT2D eigenvalue weighted by Crippen LogP contribution is -2.34. The molecule has 0 aliphatic heterocycles. The third-order valence-electron chi connectivity index (χ3n) is 3.19. The van der Waals surface area contributed by atoms with E-state index in [0.717, 1.165) is 37.7 Å². The molecule has 1 aromatic rings. The van der Waals surface area contributed by atoms with E-state index in [-0.39, 0.29) is 0 Å². The van der Waals surface area contributed by atoms with Crippen LogP contribution in [0.1, 0.15) is 38.9 Å². The number of hydrogen-bond donors (Lipinski definition) is 1. The average Bonchev–Trinajstić information content (AvgIpc) is 3.03. The summed E-state index contributed by atoms with van der Waals surface area (Å²) in [6.07, 6.45) is 6.57. The van der Waals surface area contributed by atoms with Gasteiger partial charge in [0.05, 0.1) is 0 Å². The molecule has 2 rings (SSSR count). The topological polar surface area (TPSA) is 42.7 Å². The zero-order valence-electron chi connectivity index (χ0n) is 10.3. The molecule has 0 bridgehead atoms. The largest absolute Gasteiger partial charge is 0.314 e. The second kappa shape index (κ2) is 5.43. The lowest BCUT2D eigenvalue weighted by molar-refractivity contribution is 0.446. The van der Waals surface area contributed by atoms with Gasteiger partial charge in [-0.3, -0.25) is 4.68 Å². The van der Waals surface area contributed by atoms with Gasteiger partial charge in [-0.2, -0.15) is 5.10 Å². The second-order valence-electron chi connectivity index (χ2n) is 4.61. The summed E-state index contributed by atoms with van der Waals surface area (Å²) in [7, 11) is 0. The van der Waals surface area contributed by atoms with Gasteiger partial charge < -0.3 is 5.32 Å². The Labute approximate surface area is 97.5 Å². The molecule has 1 atom stereocenters. The molecule has 1 unspecified atom stereocenters. The van der Waals surface area contributed by atoms with Gasteiger partial charge in [0.2, 0.25) is 0 Å². The van der Waals surface area contributed by atoms with E-state index in [1.165, 1.54) is 12.8 Å². The fourth-order valence-corrected chi connectivity index (χ4v) is 2.21. The van der Waals surface area contributed by atoms with Gasteiger partial charge in [0, 0.05) is 19.0 Å². The Morgan fingerprint density at radius 1 is 1.50 bits per heavy atom. The summed E-state index contributed by atoms with van der Waals surface area (Å²) >= 11 is 0. The zero-order chi connectivity index (χ0) is 11.4. The monoisotopic (exact) mass is 222 g/mol. The van der Waals surface area contributed by atoms with Crippen molar-refractivity contribution in [1.29, 1.82) is 0 Å². The van der Waals surface area contributed by atoms with Crippen molar-refractivity contribution in [1.82, 2.24) is 20.1 Å². The normalized spacial score (nSPS) is 17.6. The highest BCUT2D eigenvalue weighted by Gasteiger charge is 2.31. The highest BCUT2D eigenvalue weighted by molar-refractivity contribution is 4.96. The summed E-state index contributed by atoms with van der Waals surface area (Å²) in [6.45, 7) is 6.38. The number of rotatable bonds is 7. The first-order chi connectivity index (χ1) is 7.85. The first-order valence-corrected chi connectivity index (χ1v) is 6.45. The van der Waals surface area contributed by atoms with Gasteiger partial charge in [0.15, 0.2) is 0 Å². The standard InChI is InChI=1S/C12H22N4/c1-3-7-16-12(14-9-15-16)8-11(13-4-2)10-5-6-10/h9-11,13H,3-8H2,1-2H3. The number of nitrogens with zero attached hydrogens (tertiary/aromatic N) is 3. The van der Waals surface area contributed by atoms with Crippen LogP contribution in [-0.2, 0) is 13.0 Å². The average molecular weight is 222 g/mol. The summed E-state index contributed by atoms with van der Waals surface area (Å²) in [5.74, 6) is 2.01. The van der Waals surface area contributed by atoms with Gasteiger partial charge in [-0.25, -0.2) is 4.98 Å². The quantitative estimate of drug-likeness (QED) is 0.762. The molecule has 1 fully saturated rings. The van der Waals surface area contributed by atoms with Crippen molar-refractivity contribution in [3.05, 3.63) is 12.2 Å². The van der Waals surface area contributed by atoms with Gasteiger partial charge >= 0.3 is 0 Å². The van der Waals surface area contributed by atoms with Crippen LogP contribution in [0.4, 0.5) is 0 Å². The molecule has 0 spiro atoms. The first-order valence-electron chi connectivity index (χ1n) is 6.45. The third kappa shape index (κ3) is 2.82. The minimum Gasteiger partial charge on any atom is -0.314 e. The van der Waals surface area contributed by atoms with Crippen molar-refractivity contribution in [2.75, 3.05) is 6.54 Å². The van der Waals surface area contributed by atoms with E-state index in [2.05, 4.69) is 29.2 Å². The van der Waals surface area contributed by atoms with E-state index in [9.17, 15) is 0 Å². The summed E-state index contributed by atoms with van der Waals surface area (Å²) in [5.41, 5.74) is 0. The number of likely N-dealkylation sites (N-methyl/N-ethyl adjacent to an activating group) is 1. The summed E-state index contributed by atoms with van der Waals surface area (Å²) < 4.78 is 2.05. The Morgan fingerprint density at radius 2 is 2.31 bits per heavy atom. The Kier molecular flexibility index (Phi) is 3.93. The molecule has 1 aliphatic rings. The molecule has 16 heavy (non-hydrogen) atoms. The van der Waals surface area contributed by atoms with Crippen LogP contribution in [0.15, 0.2) is 6.33 Å². The predicted octanol–water partition coefficient (Wildman–Crippen LogP) is 1.62. The van der Waals surface area contributed by atoms with Crippen LogP contribution >= 0.6 is 0 Å².